The minimum Gasteiger partial charge on any atom is -0.504 e. The van der Waals surface area contributed by atoms with Gasteiger partial charge in [-0.3, -0.25) is 9.59 Å². The third kappa shape index (κ3) is 3.41. The van der Waals surface area contributed by atoms with Crippen LogP contribution in [0.3, 0.4) is 0 Å². The van der Waals surface area contributed by atoms with Gasteiger partial charge >= 0.3 is 0 Å². The van der Waals surface area contributed by atoms with Gasteiger partial charge in [-0.1, -0.05) is 12.1 Å². The van der Waals surface area contributed by atoms with Crippen molar-refractivity contribution in [3.8, 4) is 11.5 Å². The summed E-state index contributed by atoms with van der Waals surface area (Å²) in [5, 5.41) is 9.98. The standard InChI is InChI=1S/C22H23FN2O4/c1-13(26)25-11-16-10-24(22(28)15-6-7-20(29-2)19(27)9-15)12-18(16)21(25)14-4-3-5-17(23)8-14/h3-9,16,18,21,27H,10-12H2,1-2H3/t16-,18-,21-/m1/s1. The van der Waals surface area contributed by atoms with Crippen LogP contribution in [0.5, 0.6) is 11.5 Å². The van der Waals surface area contributed by atoms with Gasteiger partial charge in [0.2, 0.25) is 5.91 Å². The maximum Gasteiger partial charge on any atom is 0.254 e. The SMILES string of the molecule is COc1ccc(C(=O)N2C[C@@H]3CN(C(C)=O)[C@H](c4cccc(F)c4)[C@@H]3C2)cc1O. The summed E-state index contributed by atoms with van der Waals surface area (Å²) in [5.41, 5.74) is 1.14. The van der Waals surface area contributed by atoms with Crippen LogP contribution < -0.4 is 4.74 Å². The lowest BCUT2D eigenvalue weighted by atomic mass is 9.89. The molecule has 29 heavy (non-hydrogen) atoms. The molecule has 0 aliphatic carbocycles. The van der Waals surface area contributed by atoms with Gasteiger partial charge in [-0.15, -0.1) is 0 Å². The van der Waals surface area contributed by atoms with Crippen LogP contribution in [0.15, 0.2) is 42.5 Å². The largest absolute Gasteiger partial charge is 0.504 e. The minimum absolute atomic E-state index is 0.0384. The Morgan fingerprint density at radius 3 is 2.59 bits per heavy atom. The lowest BCUT2D eigenvalue weighted by Gasteiger charge is -2.29. The fraction of sp³-hybridized carbons (Fsp3) is 0.364. The lowest BCUT2D eigenvalue weighted by Crippen LogP contribution is -2.36. The molecule has 2 aliphatic heterocycles. The molecular weight excluding hydrogens is 375 g/mol. The number of halogens is 1. The minimum atomic E-state index is -0.339. The van der Waals surface area contributed by atoms with Crippen LogP contribution in [0.4, 0.5) is 4.39 Å². The lowest BCUT2D eigenvalue weighted by molar-refractivity contribution is -0.130. The normalized spacial score (nSPS) is 23.2. The molecule has 0 radical (unpaired) electrons. The summed E-state index contributed by atoms with van der Waals surface area (Å²) in [4.78, 5) is 28.7. The summed E-state index contributed by atoms with van der Waals surface area (Å²) in [6, 6.07) is 10.7. The third-order valence-electron chi connectivity index (χ3n) is 5.97. The summed E-state index contributed by atoms with van der Waals surface area (Å²) in [6.45, 7) is 3.06. The maximum atomic E-state index is 13.8. The van der Waals surface area contributed by atoms with Crippen molar-refractivity contribution in [1.29, 1.82) is 0 Å². The molecule has 152 valence electrons. The second kappa shape index (κ2) is 7.39. The number of benzene rings is 2. The number of phenols is 1. The Hall–Kier alpha value is -3.09. The van der Waals surface area contributed by atoms with Crippen LogP contribution in [0, 0.1) is 17.7 Å². The van der Waals surface area contributed by atoms with Gasteiger partial charge in [-0.05, 0) is 35.9 Å². The predicted molar refractivity (Wildman–Crippen MR) is 104 cm³/mol. The molecular formula is C22H23FN2O4. The summed E-state index contributed by atoms with van der Waals surface area (Å²) in [7, 11) is 1.45. The van der Waals surface area contributed by atoms with Gasteiger partial charge in [0.15, 0.2) is 11.5 Å². The van der Waals surface area contributed by atoms with Gasteiger partial charge < -0.3 is 19.6 Å². The number of phenolic OH excluding ortho intramolecular Hbond substituents is 1. The highest BCUT2D eigenvalue weighted by Crippen LogP contribution is 2.45. The van der Waals surface area contributed by atoms with E-state index >= 15 is 0 Å². The molecule has 1 N–H and O–H groups in total. The van der Waals surface area contributed by atoms with Crippen LogP contribution in [0.1, 0.15) is 28.9 Å². The van der Waals surface area contributed by atoms with Crippen molar-refractivity contribution in [3.05, 3.63) is 59.4 Å². The maximum absolute atomic E-state index is 13.8. The monoisotopic (exact) mass is 398 g/mol. The van der Waals surface area contributed by atoms with E-state index in [1.54, 1.807) is 28.0 Å². The van der Waals surface area contributed by atoms with E-state index in [0.717, 1.165) is 5.56 Å². The first-order valence-electron chi connectivity index (χ1n) is 9.58. The van der Waals surface area contributed by atoms with Crippen LogP contribution in [0.2, 0.25) is 0 Å². The fourth-order valence-electron chi connectivity index (χ4n) is 4.66. The Bertz CT molecular complexity index is 964. The topological polar surface area (TPSA) is 70.1 Å². The number of methoxy groups -OCH3 is 1. The molecule has 2 saturated heterocycles. The molecule has 3 atom stereocenters. The van der Waals surface area contributed by atoms with Crippen molar-refractivity contribution in [2.24, 2.45) is 11.8 Å². The van der Waals surface area contributed by atoms with Gasteiger partial charge in [0.25, 0.3) is 5.91 Å². The summed E-state index contributed by atoms with van der Waals surface area (Å²) < 4.78 is 18.8. The van der Waals surface area contributed by atoms with Gasteiger partial charge in [-0.25, -0.2) is 4.39 Å². The van der Waals surface area contributed by atoms with Crippen molar-refractivity contribution in [3.63, 3.8) is 0 Å². The molecule has 0 spiro atoms. The van der Waals surface area contributed by atoms with Crippen LogP contribution in [0.25, 0.3) is 0 Å². The molecule has 2 aromatic rings. The molecule has 2 heterocycles. The molecule has 0 bridgehead atoms. The first-order chi connectivity index (χ1) is 13.9. The molecule has 2 aliphatic rings. The molecule has 0 saturated carbocycles. The molecule has 2 aromatic carbocycles. The zero-order valence-corrected chi connectivity index (χ0v) is 16.3. The highest BCUT2D eigenvalue weighted by atomic mass is 19.1. The van der Waals surface area contributed by atoms with Crippen molar-refractivity contribution >= 4 is 11.8 Å². The number of hydrogen-bond donors (Lipinski definition) is 1. The van der Waals surface area contributed by atoms with E-state index in [0.29, 0.717) is 30.9 Å². The number of hydrogen-bond acceptors (Lipinski definition) is 4. The van der Waals surface area contributed by atoms with E-state index < -0.39 is 0 Å². The highest BCUT2D eigenvalue weighted by molar-refractivity contribution is 5.95. The Morgan fingerprint density at radius 1 is 1.14 bits per heavy atom. The quantitative estimate of drug-likeness (QED) is 0.863. The number of fused-ring (bicyclic) bond motifs is 1. The molecule has 0 aromatic heterocycles. The average molecular weight is 398 g/mol. The first kappa shape index (κ1) is 19.2. The van der Waals surface area contributed by atoms with Gasteiger partial charge in [-0.2, -0.15) is 0 Å². The van der Waals surface area contributed by atoms with Crippen molar-refractivity contribution in [2.75, 3.05) is 26.7 Å². The number of nitrogens with zero attached hydrogens (tertiary/aromatic N) is 2. The molecule has 2 fully saturated rings. The van der Waals surface area contributed by atoms with Crippen LogP contribution in [-0.4, -0.2) is 53.5 Å². The highest BCUT2D eigenvalue weighted by Gasteiger charge is 2.49. The van der Waals surface area contributed by atoms with E-state index in [4.69, 9.17) is 4.74 Å². The van der Waals surface area contributed by atoms with Gasteiger partial charge in [0.1, 0.15) is 5.82 Å². The van der Waals surface area contributed by atoms with E-state index in [2.05, 4.69) is 0 Å². The Morgan fingerprint density at radius 2 is 1.93 bits per heavy atom. The summed E-state index contributed by atoms with van der Waals surface area (Å²) >= 11 is 0. The number of rotatable bonds is 3. The van der Waals surface area contributed by atoms with Gasteiger partial charge in [0.05, 0.1) is 13.2 Å². The van der Waals surface area contributed by atoms with Crippen molar-refractivity contribution in [1.82, 2.24) is 9.80 Å². The molecule has 6 nitrogen and oxygen atoms in total. The number of amides is 2. The third-order valence-corrected chi connectivity index (χ3v) is 5.97. The van der Waals surface area contributed by atoms with Crippen LogP contribution in [-0.2, 0) is 4.79 Å². The Kier molecular flexibility index (Phi) is 4.90. The first-order valence-corrected chi connectivity index (χ1v) is 9.58. The number of ether oxygens (including phenoxy) is 1. The molecule has 7 heteroatoms. The van der Waals surface area contributed by atoms with E-state index in [1.807, 2.05) is 6.07 Å². The molecule has 0 unspecified atom stereocenters. The summed E-state index contributed by atoms with van der Waals surface area (Å²) in [6.07, 6.45) is 0. The number of carbonyl (C=O) groups is 2. The zero-order chi connectivity index (χ0) is 20.7. The number of aromatic hydroxyl groups is 1. The summed E-state index contributed by atoms with van der Waals surface area (Å²) in [5.74, 6) is -0.175. The number of likely N-dealkylation sites (tertiary alicyclic amines) is 2. The second-order valence-corrected chi connectivity index (χ2v) is 7.69. The Labute approximate surface area is 168 Å². The molecule has 2 amide bonds. The fourth-order valence-corrected chi connectivity index (χ4v) is 4.66. The van der Waals surface area contributed by atoms with E-state index in [9.17, 15) is 19.1 Å². The van der Waals surface area contributed by atoms with Crippen molar-refractivity contribution in [2.45, 2.75) is 13.0 Å². The van der Waals surface area contributed by atoms with Gasteiger partial charge in [0, 0.05) is 44.0 Å². The smallest absolute Gasteiger partial charge is 0.254 e. The van der Waals surface area contributed by atoms with Crippen molar-refractivity contribution < 1.29 is 23.8 Å². The zero-order valence-electron chi connectivity index (χ0n) is 16.3. The van der Waals surface area contributed by atoms with E-state index in [1.165, 1.54) is 32.2 Å². The second-order valence-electron chi connectivity index (χ2n) is 7.69. The molecule has 4 rings (SSSR count). The average Bonchev–Trinajstić information content (AvgIpc) is 3.25. The van der Waals surface area contributed by atoms with Crippen LogP contribution >= 0.6 is 0 Å². The Balaban J connectivity index is 1.58. The van der Waals surface area contributed by atoms with E-state index in [-0.39, 0.29) is 41.3 Å². The predicted octanol–water partition coefficient (Wildman–Crippen LogP) is 2.83. The number of carbonyl (C=O) groups excluding carboxylic acids is 2.